The van der Waals surface area contributed by atoms with Crippen LogP contribution in [0.25, 0.3) is 0 Å². The van der Waals surface area contributed by atoms with Crippen LogP contribution in [0.2, 0.25) is 0 Å². The molecule has 108 valence electrons. The number of aliphatic carboxylic acids is 1. The van der Waals surface area contributed by atoms with Crippen molar-refractivity contribution < 1.29 is 19.5 Å². The van der Waals surface area contributed by atoms with Gasteiger partial charge in [0.2, 0.25) is 5.91 Å². The summed E-state index contributed by atoms with van der Waals surface area (Å²) >= 11 is 0. The van der Waals surface area contributed by atoms with Crippen molar-refractivity contribution in [1.29, 1.82) is 0 Å². The fraction of sp³-hybridized carbons (Fsp3) is 0.333. The Morgan fingerprint density at radius 1 is 1.40 bits per heavy atom. The van der Waals surface area contributed by atoms with Crippen LogP contribution >= 0.6 is 0 Å². The van der Waals surface area contributed by atoms with Crippen LogP contribution in [-0.4, -0.2) is 33.9 Å². The van der Waals surface area contributed by atoms with Gasteiger partial charge in [0.05, 0.1) is 5.69 Å². The van der Waals surface area contributed by atoms with Gasteiger partial charge in [-0.15, -0.1) is 0 Å². The second-order valence-corrected chi connectivity index (χ2v) is 4.11. The SMILES string of the molecule is NCc1cc(C(=O)N[C@@H](CCC(N)=O)C(=O)O)ccn1. The van der Waals surface area contributed by atoms with Crippen LogP contribution in [0.1, 0.15) is 28.9 Å². The fourth-order valence-corrected chi connectivity index (χ4v) is 1.52. The number of carboxylic acids is 1. The molecule has 2 amide bonds. The largest absolute Gasteiger partial charge is 0.480 e. The predicted molar refractivity (Wildman–Crippen MR) is 69.4 cm³/mol. The highest BCUT2D eigenvalue weighted by atomic mass is 16.4. The number of nitrogens with two attached hydrogens (primary N) is 2. The lowest BCUT2D eigenvalue weighted by atomic mass is 10.1. The minimum Gasteiger partial charge on any atom is -0.480 e. The van der Waals surface area contributed by atoms with Gasteiger partial charge in [-0.3, -0.25) is 14.6 Å². The molecule has 6 N–H and O–H groups in total. The Hall–Kier alpha value is -2.48. The van der Waals surface area contributed by atoms with Crippen LogP contribution in [0, 0.1) is 0 Å². The first-order chi connectivity index (χ1) is 9.43. The molecule has 0 bridgehead atoms. The van der Waals surface area contributed by atoms with E-state index in [1.165, 1.54) is 18.3 Å². The Kier molecular flexibility index (Phi) is 5.60. The summed E-state index contributed by atoms with van der Waals surface area (Å²) in [5.41, 5.74) is 11.1. The van der Waals surface area contributed by atoms with Gasteiger partial charge in [0.25, 0.3) is 5.91 Å². The quantitative estimate of drug-likeness (QED) is 0.502. The maximum atomic E-state index is 11.9. The number of rotatable bonds is 7. The summed E-state index contributed by atoms with van der Waals surface area (Å²) < 4.78 is 0. The number of aromatic nitrogens is 1. The molecule has 0 aliphatic heterocycles. The zero-order valence-corrected chi connectivity index (χ0v) is 10.7. The molecule has 8 nitrogen and oxygen atoms in total. The van der Waals surface area contributed by atoms with E-state index >= 15 is 0 Å². The van der Waals surface area contributed by atoms with Crippen LogP contribution in [0.4, 0.5) is 0 Å². The molecule has 0 aliphatic rings. The van der Waals surface area contributed by atoms with Crippen molar-refractivity contribution in [1.82, 2.24) is 10.3 Å². The van der Waals surface area contributed by atoms with Crippen molar-refractivity contribution in [2.45, 2.75) is 25.4 Å². The second-order valence-electron chi connectivity index (χ2n) is 4.11. The zero-order valence-electron chi connectivity index (χ0n) is 10.7. The van der Waals surface area contributed by atoms with Crippen LogP contribution < -0.4 is 16.8 Å². The summed E-state index contributed by atoms with van der Waals surface area (Å²) in [5, 5.41) is 11.3. The molecule has 0 aliphatic carbocycles. The Bertz CT molecular complexity index is 518. The average Bonchev–Trinajstić information content (AvgIpc) is 2.42. The van der Waals surface area contributed by atoms with Gasteiger partial charge < -0.3 is 21.9 Å². The van der Waals surface area contributed by atoms with Gasteiger partial charge in [-0.05, 0) is 18.6 Å². The predicted octanol–water partition coefficient (Wildman–Crippen LogP) is -1.01. The summed E-state index contributed by atoms with van der Waals surface area (Å²) in [6.07, 6.45) is 1.23. The number of carboxylic acid groups (broad SMARTS) is 1. The monoisotopic (exact) mass is 280 g/mol. The van der Waals surface area contributed by atoms with E-state index in [-0.39, 0.29) is 24.9 Å². The molecule has 0 spiro atoms. The third kappa shape index (κ3) is 4.65. The number of pyridine rings is 1. The highest BCUT2D eigenvalue weighted by molar-refractivity contribution is 5.96. The minimum absolute atomic E-state index is 0.0642. The van der Waals surface area contributed by atoms with Crippen LogP contribution in [0.5, 0.6) is 0 Å². The van der Waals surface area contributed by atoms with Crippen molar-refractivity contribution in [2.24, 2.45) is 11.5 Å². The number of amides is 2. The topological polar surface area (TPSA) is 148 Å². The van der Waals surface area contributed by atoms with Crippen LogP contribution in [0.3, 0.4) is 0 Å². The van der Waals surface area contributed by atoms with Crippen molar-refractivity contribution >= 4 is 17.8 Å². The Morgan fingerprint density at radius 3 is 2.65 bits per heavy atom. The third-order valence-corrected chi connectivity index (χ3v) is 2.57. The lowest BCUT2D eigenvalue weighted by Gasteiger charge is -2.13. The average molecular weight is 280 g/mol. The van der Waals surface area contributed by atoms with Gasteiger partial charge in [-0.2, -0.15) is 0 Å². The number of nitrogens with zero attached hydrogens (tertiary/aromatic N) is 1. The first-order valence-corrected chi connectivity index (χ1v) is 5.91. The number of carbonyl (C=O) groups is 3. The maximum Gasteiger partial charge on any atom is 0.326 e. The Morgan fingerprint density at radius 2 is 2.10 bits per heavy atom. The minimum atomic E-state index is -1.23. The van der Waals surface area contributed by atoms with Crippen molar-refractivity contribution in [2.75, 3.05) is 0 Å². The second kappa shape index (κ2) is 7.19. The molecule has 0 aromatic carbocycles. The Balaban J connectivity index is 2.74. The first-order valence-electron chi connectivity index (χ1n) is 5.91. The summed E-state index contributed by atoms with van der Waals surface area (Å²) in [7, 11) is 0. The fourth-order valence-electron chi connectivity index (χ4n) is 1.52. The normalized spacial score (nSPS) is 11.7. The molecular weight excluding hydrogens is 264 g/mol. The smallest absolute Gasteiger partial charge is 0.326 e. The molecule has 0 saturated carbocycles. The van der Waals surface area contributed by atoms with Crippen LogP contribution in [-0.2, 0) is 16.1 Å². The highest BCUT2D eigenvalue weighted by Crippen LogP contribution is 2.04. The number of primary amides is 1. The van der Waals surface area contributed by atoms with E-state index in [4.69, 9.17) is 16.6 Å². The standard InChI is InChI=1S/C12H16N4O4/c13-6-8-5-7(3-4-15-8)11(18)16-9(12(19)20)1-2-10(14)17/h3-5,9H,1-2,6,13H2,(H2,14,17)(H,16,18)(H,19,20)/t9-/m0/s1. The molecule has 0 fully saturated rings. The summed E-state index contributed by atoms with van der Waals surface area (Å²) in [6, 6.07) is 1.74. The molecule has 1 rings (SSSR count). The van der Waals surface area contributed by atoms with Gasteiger partial charge in [0.1, 0.15) is 6.04 Å². The zero-order chi connectivity index (χ0) is 15.1. The highest BCUT2D eigenvalue weighted by Gasteiger charge is 2.21. The molecule has 20 heavy (non-hydrogen) atoms. The molecule has 0 saturated heterocycles. The van der Waals surface area contributed by atoms with E-state index in [1.54, 1.807) is 0 Å². The molecular formula is C12H16N4O4. The van der Waals surface area contributed by atoms with E-state index in [1.807, 2.05) is 0 Å². The van der Waals surface area contributed by atoms with E-state index in [0.29, 0.717) is 5.69 Å². The number of nitrogens with one attached hydrogen (secondary N) is 1. The lowest BCUT2D eigenvalue weighted by molar-refractivity contribution is -0.139. The molecule has 1 heterocycles. The molecule has 8 heteroatoms. The molecule has 1 aromatic rings. The van der Waals surface area contributed by atoms with E-state index in [9.17, 15) is 14.4 Å². The number of hydrogen-bond acceptors (Lipinski definition) is 5. The Labute approximate surface area is 115 Å². The molecule has 0 radical (unpaired) electrons. The van der Waals surface area contributed by atoms with E-state index < -0.39 is 23.8 Å². The summed E-state index contributed by atoms with van der Waals surface area (Å²) in [5.74, 6) is -2.42. The maximum absolute atomic E-state index is 11.9. The van der Waals surface area contributed by atoms with Gasteiger partial charge >= 0.3 is 5.97 Å². The van der Waals surface area contributed by atoms with E-state index in [0.717, 1.165) is 0 Å². The molecule has 0 unspecified atom stereocenters. The number of carbonyl (C=O) groups excluding carboxylic acids is 2. The number of hydrogen-bond donors (Lipinski definition) is 4. The summed E-state index contributed by atoms with van der Waals surface area (Å²) in [4.78, 5) is 37.5. The van der Waals surface area contributed by atoms with Crippen LogP contribution in [0.15, 0.2) is 18.3 Å². The van der Waals surface area contributed by atoms with Crippen molar-refractivity contribution in [3.05, 3.63) is 29.6 Å². The third-order valence-electron chi connectivity index (χ3n) is 2.57. The van der Waals surface area contributed by atoms with Crippen molar-refractivity contribution in [3.63, 3.8) is 0 Å². The van der Waals surface area contributed by atoms with Gasteiger partial charge in [-0.25, -0.2) is 4.79 Å². The molecule has 1 aromatic heterocycles. The summed E-state index contributed by atoms with van der Waals surface area (Å²) in [6.45, 7) is 0.172. The van der Waals surface area contributed by atoms with Gasteiger partial charge in [0, 0.05) is 24.7 Å². The van der Waals surface area contributed by atoms with Gasteiger partial charge in [0.15, 0.2) is 0 Å². The van der Waals surface area contributed by atoms with Gasteiger partial charge in [-0.1, -0.05) is 0 Å². The molecule has 1 atom stereocenters. The first kappa shape index (κ1) is 15.6. The lowest BCUT2D eigenvalue weighted by Crippen LogP contribution is -2.41. The van der Waals surface area contributed by atoms with E-state index in [2.05, 4.69) is 10.3 Å². The van der Waals surface area contributed by atoms with Crippen molar-refractivity contribution in [3.8, 4) is 0 Å².